The monoisotopic (exact) mass is 274 g/mol. The zero-order valence-electron chi connectivity index (χ0n) is 12.6. The van der Waals surface area contributed by atoms with Crippen LogP contribution in [0, 0.1) is 12.8 Å². The van der Waals surface area contributed by atoms with Crippen molar-refractivity contribution in [2.24, 2.45) is 5.92 Å². The average Bonchev–Trinajstić information content (AvgIpc) is 3.24. The summed E-state index contributed by atoms with van der Waals surface area (Å²) in [5, 5.41) is 13.4. The fourth-order valence-electron chi connectivity index (χ4n) is 2.98. The molecule has 0 spiro atoms. The van der Waals surface area contributed by atoms with Gasteiger partial charge in [-0.1, -0.05) is 13.0 Å². The van der Waals surface area contributed by atoms with E-state index in [0.29, 0.717) is 5.92 Å². The van der Waals surface area contributed by atoms with Crippen LogP contribution in [0.15, 0.2) is 18.2 Å². The lowest BCUT2D eigenvalue weighted by molar-refractivity contribution is 0.0971. The molecule has 1 saturated heterocycles. The SMILES string of the molecule is Cc1cc(N2CCC(O)C(C)C2)ccc1CNC1CC1. The predicted octanol–water partition coefficient (Wildman–Crippen LogP) is 2.45. The van der Waals surface area contributed by atoms with Gasteiger partial charge in [0, 0.05) is 31.4 Å². The zero-order chi connectivity index (χ0) is 14.1. The molecular weight excluding hydrogens is 248 g/mol. The number of piperidine rings is 1. The lowest BCUT2D eigenvalue weighted by Crippen LogP contribution is -2.42. The Bertz CT molecular complexity index is 470. The van der Waals surface area contributed by atoms with E-state index >= 15 is 0 Å². The van der Waals surface area contributed by atoms with Crippen LogP contribution in [0.1, 0.15) is 37.3 Å². The first-order chi connectivity index (χ1) is 9.63. The van der Waals surface area contributed by atoms with Crippen molar-refractivity contribution >= 4 is 5.69 Å². The van der Waals surface area contributed by atoms with E-state index in [1.165, 1.54) is 29.7 Å². The summed E-state index contributed by atoms with van der Waals surface area (Å²) < 4.78 is 0. The van der Waals surface area contributed by atoms with Crippen LogP contribution in [0.4, 0.5) is 5.69 Å². The molecule has 0 aromatic heterocycles. The first kappa shape index (κ1) is 13.9. The van der Waals surface area contributed by atoms with Crippen molar-refractivity contribution < 1.29 is 5.11 Å². The summed E-state index contributed by atoms with van der Waals surface area (Å²) in [6.07, 6.45) is 3.43. The molecule has 20 heavy (non-hydrogen) atoms. The van der Waals surface area contributed by atoms with E-state index in [1.807, 2.05) is 0 Å². The summed E-state index contributed by atoms with van der Waals surface area (Å²) in [4.78, 5) is 2.41. The Morgan fingerprint density at radius 3 is 2.75 bits per heavy atom. The largest absolute Gasteiger partial charge is 0.393 e. The molecule has 2 atom stereocenters. The van der Waals surface area contributed by atoms with Gasteiger partial charge in [-0.25, -0.2) is 0 Å². The summed E-state index contributed by atoms with van der Waals surface area (Å²) in [5.74, 6) is 0.361. The molecule has 2 fully saturated rings. The van der Waals surface area contributed by atoms with Crippen LogP contribution < -0.4 is 10.2 Å². The lowest BCUT2D eigenvalue weighted by atomic mass is 9.96. The molecule has 3 heteroatoms. The first-order valence-corrected chi connectivity index (χ1v) is 7.89. The maximum Gasteiger partial charge on any atom is 0.0599 e. The Hall–Kier alpha value is -1.06. The number of hydrogen-bond donors (Lipinski definition) is 2. The number of hydrogen-bond acceptors (Lipinski definition) is 3. The van der Waals surface area contributed by atoms with Crippen molar-refractivity contribution in [3.63, 3.8) is 0 Å². The van der Waals surface area contributed by atoms with E-state index in [0.717, 1.165) is 32.1 Å². The summed E-state index contributed by atoms with van der Waals surface area (Å²) >= 11 is 0. The van der Waals surface area contributed by atoms with Crippen LogP contribution in [0.3, 0.4) is 0 Å². The van der Waals surface area contributed by atoms with E-state index < -0.39 is 0 Å². The van der Waals surface area contributed by atoms with Gasteiger partial charge in [-0.15, -0.1) is 0 Å². The van der Waals surface area contributed by atoms with Crippen LogP contribution in [0.2, 0.25) is 0 Å². The van der Waals surface area contributed by atoms with Crippen molar-refractivity contribution in [1.29, 1.82) is 0 Å². The van der Waals surface area contributed by atoms with Gasteiger partial charge in [-0.3, -0.25) is 0 Å². The molecule has 1 aliphatic heterocycles. The highest BCUT2D eigenvalue weighted by atomic mass is 16.3. The molecule has 3 rings (SSSR count). The molecule has 0 amide bonds. The highest BCUT2D eigenvalue weighted by Gasteiger charge is 2.24. The molecule has 1 aromatic carbocycles. The first-order valence-electron chi connectivity index (χ1n) is 7.89. The van der Waals surface area contributed by atoms with Crippen LogP contribution in [0.25, 0.3) is 0 Å². The Morgan fingerprint density at radius 2 is 2.10 bits per heavy atom. The third-order valence-corrected chi connectivity index (χ3v) is 4.71. The second-order valence-corrected chi connectivity index (χ2v) is 6.55. The average molecular weight is 274 g/mol. The number of anilines is 1. The van der Waals surface area contributed by atoms with Crippen molar-refractivity contribution in [3.8, 4) is 0 Å². The van der Waals surface area contributed by atoms with E-state index in [2.05, 4.69) is 42.3 Å². The molecule has 0 radical (unpaired) electrons. The van der Waals surface area contributed by atoms with Gasteiger partial charge < -0.3 is 15.3 Å². The van der Waals surface area contributed by atoms with Gasteiger partial charge in [-0.05, 0) is 55.4 Å². The van der Waals surface area contributed by atoms with Crippen molar-refractivity contribution in [3.05, 3.63) is 29.3 Å². The fourth-order valence-corrected chi connectivity index (χ4v) is 2.98. The minimum atomic E-state index is -0.130. The molecule has 1 heterocycles. The van der Waals surface area contributed by atoms with Crippen LogP contribution in [-0.4, -0.2) is 30.3 Å². The van der Waals surface area contributed by atoms with Crippen molar-refractivity contribution in [2.75, 3.05) is 18.0 Å². The normalized spacial score (nSPS) is 26.9. The highest BCUT2D eigenvalue weighted by Crippen LogP contribution is 2.26. The molecule has 2 N–H and O–H groups in total. The molecule has 3 nitrogen and oxygen atoms in total. The summed E-state index contributed by atoms with van der Waals surface area (Å²) in [6.45, 7) is 7.25. The predicted molar refractivity (Wildman–Crippen MR) is 83.0 cm³/mol. The van der Waals surface area contributed by atoms with Gasteiger partial charge >= 0.3 is 0 Å². The Morgan fingerprint density at radius 1 is 1.30 bits per heavy atom. The van der Waals surface area contributed by atoms with Crippen LogP contribution in [0.5, 0.6) is 0 Å². The van der Waals surface area contributed by atoms with E-state index in [-0.39, 0.29) is 6.10 Å². The standard InChI is InChI=1S/C17H26N2O/c1-12-9-16(19-8-7-17(20)13(2)11-19)6-3-14(12)10-18-15-4-5-15/h3,6,9,13,15,17-18,20H,4-5,7-8,10-11H2,1-2H3. The van der Waals surface area contributed by atoms with Crippen LogP contribution in [-0.2, 0) is 6.54 Å². The molecule has 0 bridgehead atoms. The maximum absolute atomic E-state index is 9.83. The van der Waals surface area contributed by atoms with E-state index in [9.17, 15) is 5.11 Å². The molecule has 1 saturated carbocycles. The van der Waals surface area contributed by atoms with Gasteiger partial charge in [0.15, 0.2) is 0 Å². The quantitative estimate of drug-likeness (QED) is 0.885. The smallest absolute Gasteiger partial charge is 0.0599 e. The molecule has 1 aliphatic carbocycles. The maximum atomic E-state index is 9.83. The minimum Gasteiger partial charge on any atom is -0.393 e. The number of aryl methyl sites for hydroxylation is 1. The number of benzene rings is 1. The van der Waals surface area contributed by atoms with E-state index in [4.69, 9.17) is 0 Å². The Balaban J connectivity index is 1.66. The third kappa shape index (κ3) is 3.15. The molecular formula is C17H26N2O. The summed E-state index contributed by atoms with van der Waals surface area (Å²) in [5.41, 5.74) is 4.08. The fraction of sp³-hybridized carbons (Fsp3) is 0.647. The third-order valence-electron chi connectivity index (χ3n) is 4.71. The second-order valence-electron chi connectivity index (χ2n) is 6.55. The zero-order valence-corrected chi connectivity index (χ0v) is 12.6. The topological polar surface area (TPSA) is 35.5 Å². The number of aliphatic hydroxyl groups excluding tert-OH is 1. The minimum absolute atomic E-state index is 0.130. The molecule has 2 aliphatic rings. The van der Waals surface area contributed by atoms with Crippen molar-refractivity contribution in [2.45, 2.75) is 51.8 Å². The number of nitrogens with one attached hydrogen (secondary N) is 1. The Kier molecular flexibility index (Phi) is 3.99. The van der Waals surface area contributed by atoms with Gasteiger partial charge in [0.25, 0.3) is 0 Å². The number of nitrogens with zero attached hydrogens (tertiary/aromatic N) is 1. The highest BCUT2D eigenvalue weighted by molar-refractivity contribution is 5.51. The molecule has 110 valence electrons. The number of aliphatic hydroxyl groups is 1. The van der Waals surface area contributed by atoms with Gasteiger partial charge in [-0.2, -0.15) is 0 Å². The molecule has 1 aromatic rings. The number of rotatable bonds is 4. The second kappa shape index (κ2) is 5.74. The molecule has 2 unspecified atom stereocenters. The lowest BCUT2D eigenvalue weighted by Gasteiger charge is -2.36. The van der Waals surface area contributed by atoms with Gasteiger partial charge in [0.1, 0.15) is 0 Å². The summed E-state index contributed by atoms with van der Waals surface area (Å²) in [7, 11) is 0. The van der Waals surface area contributed by atoms with Crippen LogP contribution >= 0.6 is 0 Å². The van der Waals surface area contributed by atoms with Gasteiger partial charge in [0.2, 0.25) is 0 Å². The summed E-state index contributed by atoms with van der Waals surface area (Å²) in [6, 6.07) is 7.56. The van der Waals surface area contributed by atoms with Crippen molar-refractivity contribution in [1.82, 2.24) is 5.32 Å². The van der Waals surface area contributed by atoms with Gasteiger partial charge in [0.05, 0.1) is 6.10 Å². The van der Waals surface area contributed by atoms with E-state index in [1.54, 1.807) is 0 Å². The Labute approximate surface area is 122 Å².